The van der Waals surface area contributed by atoms with Crippen LogP contribution in [-0.4, -0.2) is 37.5 Å². The predicted octanol–water partition coefficient (Wildman–Crippen LogP) is 4.51. The Labute approximate surface area is 188 Å². The van der Waals surface area contributed by atoms with Crippen LogP contribution >= 0.6 is 11.3 Å². The van der Waals surface area contributed by atoms with Gasteiger partial charge in [-0.15, -0.1) is 11.3 Å². The number of thiophene rings is 1. The molecule has 31 heavy (non-hydrogen) atoms. The number of hydrogen-bond acceptors (Lipinski definition) is 6. The zero-order valence-corrected chi connectivity index (χ0v) is 19.9. The van der Waals surface area contributed by atoms with Crippen molar-refractivity contribution in [2.24, 2.45) is 4.99 Å². The van der Waals surface area contributed by atoms with Crippen molar-refractivity contribution in [2.75, 3.05) is 20.8 Å². The number of methoxy groups -OCH3 is 2. The van der Waals surface area contributed by atoms with Gasteiger partial charge in [-0.3, -0.25) is 0 Å². The largest absolute Gasteiger partial charge is 0.493 e. The average molecular weight is 439 g/mol. The molecule has 2 aliphatic rings. The Balaban J connectivity index is 1.61. The van der Waals surface area contributed by atoms with Crippen molar-refractivity contribution in [2.45, 2.75) is 58.2 Å². The number of benzene rings is 1. The van der Waals surface area contributed by atoms with Gasteiger partial charge in [0.25, 0.3) is 0 Å². The molecule has 1 N–H and O–H groups in total. The SMILES string of the molecule is COc1cc2c(cc1OC)CN(C=Nc1sc3c(c1C#N)CC(C)(C)NC3(C)C)CC2. The first-order valence-corrected chi connectivity index (χ1v) is 11.4. The number of aliphatic imine (C=N–C) groups is 1. The van der Waals surface area contributed by atoms with E-state index in [4.69, 9.17) is 14.5 Å². The molecule has 0 bridgehead atoms. The highest BCUT2D eigenvalue weighted by atomic mass is 32.1. The molecule has 3 heterocycles. The molecule has 0 aliphatic carbocycles. The van der Waals surface area contributed by atoms with Crippen LogP contribution in [0.3, 0.4) is 0 Å². The van der Waals surface area contributed by atoms with Gasteiger partial charge in [0.05, 0.1) is 26.1 Å². The van der Waals surface area contributed by atoms with E-state index in [0.717, 1.165) is 53.6 Å². The van der Waals surface area contributed by atoms with E-state index in [1.54, 1.807) is 25.6 Å². The van der Waals surface area contributed by atoms with Gasteiger partial charge in [0, 0.05) is 29.0 Å². The molecule has 0 atom stereocenters. The molecule has 7 heteroatoms. The van der Waals surface area contributed by atoms with Crippen molar-refractivity contribution in [3.63, 3.8) is 0 Å². The second-order valence-corrected chi connectivity index (χ2v) is 10.5. The molecule has 0 radical (unpaired) electrons. The van der Waals surface area contributed by atoms with Gasteiger partial charge in [0.15, 0.2) is 11.5 Å². The van der Waals surface area contributed by atoms with Crippen molar-refractivity contribution in [3.05, 3.63) is 39.3 Å². The van der Waals surface area contributed by atoms with Gasteiger partial charge in [0.2, 0.25) is 0 Å². The molecular formula is C24H30N4O2S. The third-order valence-electron chi connectivity index (χ3n) is 6.02. The average Bonchev–Trinajstić information content (AvgIpc) is 3.07. The first kappa shape index (κ1) is 21.7. The van der Waals surface area contributed by atoms with Gasteiger partial charge in [-0.25, -0.2) is 4.99 Å². The molecule has 4 rings (SSSR count). The predicted molar refractivity (Wildman–Crippen MR) is 125 cm³/mol. The van der Waals surface area contributed by atoms with E-state index in [1.165, 1.54) is 16.0 Å². The van der Waals surface area contributed by atoms with Crippen LogP contribution in [0.2, 0.25) is 0 Å². The maximum Gasteiger partial charge on any atom is 0.161 e. The fourth-order valence-electron chi connectivity index (χ4n) is 4.86. The van der Waals surface area contributed by atoms with Crippen LogP contribution in [0, 0.1) is 11.3 Å². The normalized spacial score (nSPS) is 18.9. The summed E-state index contributed by atoms with van der Waals surface area (Å²) in [4.78, 5) is 8.20. The fourth-order valence-corrected chi connectivity index (χ4v) is 6.03. The molecule has 2 aliphatic heterocycles. The maximum atomic E-state index is 9.90. The van der Waals surface area contributed by atoms with Crippen molar-refractivity contribution in [3.8, 4) is 17.6 Å². The van der Waals surface area contributed by atoms with Crippen LogP contribution in [0.4, 0.5) is 5.00 Å². The van der Waals surface area contributed by atoms with E-state index in [2.05, 4.69) is 56.1 Å². The minimum absolute atomic E-state index is 0.0547. The zero-order chi connectivity index (χ0) is 22.4. The number of ether oxygens (including phenoxy) is 2. The number of fused-ring (bicyclic) bond motifs is 2. The second kappa shape index (κ2) is 7.85. The highest BCUT2D eigenvalue weighted by Gasteiger charge is 2.40. The van der Waals surface area contributed by atoms with Gasteiger partial charge in [-0.1, -0.05) is 0 Å². The molecule has 1 aromatic heterocycles. The lowest BCUT2D eigenvalue weighted by Crippen LogP contribution is -2.54. The van der Waals surface area contributed by atoms with Crippen LogP contribution in [0.1, 0.15) is 54.8 Å². The van der Waals surface area contributed by atoms with Gasteiger partial charge in [-0.2, -0.15) is 5.26 Å². The van der Waals surface area contributed by atoms with Crippen LogP contribution in [0.5, 0.6) is 11.5 Å². The lowest BCUT2D eigenvalue weighted by atomic mass is 9.81. The Hall–Kier alpha value is -2.56. The highest BCUT2D eigenvalue weighted by molar-refractivity contribution is 7.16. The Morgan fingerprint density at radius 3 is 2.48 bits per heavy atom. The van der Waals surface area contributed by atoms with Crippen LogP contribution in [0.15, 0.2) is 17.1 Å². The molecule has 2 aromatic rings. The molecule has 0 saturated carbocycles. The molecule has 164 valence electrons. The molecule has 0 spiro atoms. The van der Waals surface area contributed by atoms with E-state index in [0.29, 0.717) is 0 Å². The Morgan fingerprint density at radius 1 is 1.16 bits per heavy atom. The van der Waals surface area contributed by atoms with Gasteiger partial charge in [0.1, 0.15) is 11.1 Å². The standard InChI is InChI=1S/C24H30N4O2S/c1-23(2)11-17-18(12-25)22(31-21(17)24(3,4)27-23)26-14-28-8-7-15-9-19(29-5)20(30-6)10-16(15)13-28/h9-10,14,27H,7-8,11,13H2,1-6H3. The van der Waals surface area contributed by atoms with E-state index < -0.39 is 0 Å². The summed E-state index contributed by atoms with van der Waals surface area (Å²) in [6.07, 6.45) is 3.64. The Bertz CT molecular complexity index is 1080. The van der Waals surface area contributed by atoms with E-state index in [1.807, 2.05) is 6.34 Å². The number of nitrogens with zero attached hydrogens (tertiary/aromatic N) is 3. The van der Waals surface area contributed by atoms with Crippen LogP contribution in [0.25, 0.3) is 0 Å². The summed E-state index contributed by atoms with van der Waals surface area (Å²) < 4.78 is 10.9. The van der Waals surface area contributed by atoms with E-state index >= 15 is 0 Å². The highest BCUT2D eigenvalue weighted by Crippen LogP contribution is 2.45. The Morgan fingerprint density at radius 2 is 1.84 bits per heavy atom. The van der Waals surface area contributed by atoms with Crippen molar-refractivity contribution < 1.29 is 9.47 Å². The van der Waals surface area contributed by atoms with Crippen molar-refractivity contribution in [1.82, 2.24) is 10.2 Å². The topological polar surface area (TPSA) is 69.9 Å². The molecule has 0 saturated heterocycles. The summed E-state index contributed by atoms with van der Waals surface area (Å²) in [6, 6.07) is 6.55. The zero-order valence-electron chi connectivity index (χ0n) is 19.1. The van der Waals surface area contributed by atoms with Gasteiger partial charge >= 0.3 is 0 Å². The molecule has 0 unspecified atom stereocenters. The summed E-state index contributed by atoms with van der Waals surface area (Å²) in [5, 5.41) is 14.4. The summed E-state index contributed by atoms with van der Waals surface area (Å²) in [7, 11) is 3.32. The molecule has 0 fully saturated rings. The van der Waals surface area contributed by atoms with E-state index in [-0.39, 0.29) is 11.1 Å². The molecule has 6 nitrogen and oxygen atoms in total. The maximum absolute atomic E-state index is 9.90. The third kappa shape index (κ3) is 4.02. The third-order valence-corrected chi connectivity index (χ3v) is 7.49. The number of nitriles is 1. The van der Waals surface area contributed by atoms with Crippen LogP contribution < -0.4 is 14.8 Å². The Kier molecular flexibility index (Phi) is 5.48. The lowest BCUT2D eigenvalue weighted by molar-refractivity contribution is 0.247. The first-order chi connectivity index (χ1) is 14.7. The van der Waals surface area contributed by atoms with Crippen molar-refractivity contribution in [1.29, 1.82) is 5.26 Å². The van der Waals surface area contributed by atoms with E-state index in [9.17, 15) is 5.26 Å². The molecule has 0 amide bonds. The molecular weight excluding hydrogens is 408 g/mol. The smallest absolute Gasteiger partial charge is 0.161 e. The van der Waals surface area contributed by atoms with Gasteiger partial charge < -0.3 is 19.7 Å². The number of nitrogens with one attached hydrogen (secondary N) is 1. The minimum atomic E-state index is -0.180. The fraction of sp³-hybridized carbons (Fsp3) is 0.500. The lowest BCUT2D eigenvalue weighted by Gasteiger charge is -2.42. The minimum Gasteiger partial charge on any atom is -0.493 e. The summed E-state index contributed by atoms with van der Waals surface area (Å²) in [5.74, 6) is 1.51. The number of rotatable bonds is 4. The monoisotopic (exact) mass is 438 g/mol. The van der Waals surface area contributed by atoms with Crippen LogP contribution in [-0.2, 0) is 24.9 Å². The van der Waals surface area contributed by atoms with Gasteiger partial charge in [-0.05, 0) is 69.4 Å². The quantitative estimate of drug-likeness (QED) is 0.562. The summed E-state index contributed by atoms with van der Waals surface area (Å²) in [5.41, 5.74) is 4.13. The van der Waals surface area contributed by atoms with Crippen molar-refractivity contribution >= 4 is 22.7 Å². The second-order valence-electron chi connectivity index (χ2n) is 9.45. The molecule has 1 aromatic carbocycles. The first-order valence-electron chi connectivity index (χ1n) is 10.5. The number of hydrogen-bond donors (Lipinski definition) is 1. The summed E-state index contributed by atoms with van der Waals surface area (Å²) in [6.45, 7) is 10.4. The summed E-state index contributed by atoms with van der Waals surface area (Å²) >= 11 is 1.63.